The number of ether oxygens (including phenoxy) is 2. The van der Waals surface area contributed by atoms with Gasteiger partial charge in [0.15, 0.2) is 23.2 Å². The minimum atomic E-state index is -0.885. The van der Waals surface area contributed by atoms with E-state index in [2.05, 4.69) is 15.2 Å². The van der Waals surface area contributed by atoms with Gasteiger partial charge in [0.25, 0.3) is 0 Å². The van der Waals surface area contributed by atoms with Crippen molar-refractivity contribution in [2.45, 2.75) is 57.3 Å². The van der Waals surface area contributed by atoms with Gasteiger partial charge >= 0.3 is 0 Å². The number of nitrogens with zero attached hydrogens (tertiary/aromatic N) is 4. The Morgan fingerprint density at radius 3 is 2.67 bits per heavy atom. The number of hydrogen-bond acceptors (Lipinski definition) is 8. The lowest BCUT2D eigenvalue weighted by Crippen LogP contribution is -2.39. The average Bonchev–Trinajstić information content (AvgIpc) is 3.34. The monoisotopic (exact) mass is 499 g/mol. The van der Waals surface area contributed by atoms with Crippen LogP contribution in [0.15, 0.2) is 30.5 Å². The number of fused-ring (bicyclic) bond motifs is 1. The van der Waals surface area contributed by atoms with Crippen molar-refractivity contribution in [3.63, 3.8) is 0 Å². The highest BCUT2D eigenvalue weighted by atomic mass is 19.1. The van der Waals surface area contributed by atoms with E-state index in [1.165, 1.54) is 0 Å². The molecular weight excluding hydrogens is 468 g/mol. The van der Waals surface area contributed by atoms with Crippen molar-refractivity contribution in [2.75, 3.05) is 36.5 Å². The van der Waals surface area contributed by atoms with Crippen molar-refractivity contribution in [1.82, 2.24) is 15.0 Å². The molecule has 0 spiro atoms. The number of aromatic nitrogens is 3. The molecule has 2 fully saturated rings. The van der Waals surface area contributed by atoms with Gasteiger partial charge in [-0.1, -0.05) is 0 Å². The first-order valence-electron chi connectivity index (χ1n) is 12.3. The second-order valence-electron chi connectivity index (χ2n) is 10.1. The standard InChI is InChI=1S/C26H31F2N5O3/c1-26(2,34)13-18-12-21-22(14-29-18)31-24(30-17-7-10-35-15-17)25(32-21)33-8-5-19(6-9-33)36-23-11-16(27)3-4-20(23)28/h3-4,11-12,14,17,19,34H,5-10,13,15H2,1-2H3,(H,30,31). The molecule has 2 aliphatic rings. The van der Waals surface area contributed by atoms with Crippen LogP contribution in [0.2, 0.25) is 0 Å². The molecule has 1 aromatic carbocycles. The lowest BCUT2D eigenvalue weighted by Gasteiger charge is -2.34. The Kier molecular flexibility index (Phi) is 6.90. The summed E-state index contributed by atoms with van der Waals surface area (Å²) in [5, 5.41) is 13.7. The minimum Gasteiger partial charge on any atom is -0.487 e. The Hall–Kier alpha value is -3.11. The Balaban J connectivity index is 1.38. The van der Waals surface area contributed by atoms with Crippen molar-refractivity contribution in [3.05, 3.63) is 47.8 Å². The fourth-order valence-electron chi connectivity index (χ4n) is 4.62. The maximum atomic E-state index is 14.0. The van der Waals surface area contributed by atoms with Gasteiger partial charge in [0.05, 0.1) is 30.0 Å². The van der Waals surface area contributed by atoms with Crippen molar-refractivity contribution in [2.24, 2.45) is 0 Å². The quantitative estimate of drug-likeness (QED) is 0.506. The zero-order valence-corrected chi connectivity index (χ0v) is 20.5. The molecule has 2 N–H and O–H groups in total. The summed E-state index contributed by atoms with van der Waals surface area (Å²) in [6, 6.07) is 5.26. The number of hydrogen-bond donors (Lipinski definition) is 2. The first-order chi connectivity index (χ1) is 17.2. The largest absolute Gasteiger partial charge is 0.487 e. The van der Waals surface area contributed by atoms with Crippen molar-refractivity contribution in [3.8, 4) is 5.75 Å². The van der Waals surface area contributed by atoms with Crippen LogP contribution in [0.1, 0.15) is 38.8 Å². The van der Waals surface area contributed by atoms with Gasteiger partial charge in [-0.25, -0.2) is 18.7 Å². The summed E-state index contributed by atoms with van der Waals surface area (Å²) in [5.74, 6) is 0.241. The Bertz CT molecular complexity index is 1220. The van der Waals surface area contributed by atoms with Crippen molar-refractivity contribution in [1.29, 1.82) is 0 Å². The van der Waals surface area contributed by atoms with E-state index in [9.17, 15) is 13.9 Å². The average molecular weight is 500 g/mol. The van der Waals surface area contributed by atoms with Gasteiger partial charge < -0.3 is 24.8 Å². The van der Waals surface area contributed by atoms with Gasteiger partial charge in [0, 0.05) is 50.7 Å². The third-order valence-corrected chi connectivity index (χ3v) is 6.40. The highest BCUT2D eigenvalue weighted by molar-refractivity contribution is 5.80. The fraction of sp³-hybridized carbons (Fsp3) is 0.500. The zero-order valence-electron chi connectivity index (χ0n) is 20.5. The summed E-state index contributed by atoms with van der Waals surface area (Å²) < 4.78 is 38.9. The highest BCUT2D eigenvalue weighted by Crippen LogP contribution is 2.31. The molecule has 1 unspecified atom stereocenters. The van der Waals surface area contributed by atoms with E-state index in [-0.39, 0.29) is 17.9 Å². The molecule has 3 aromatic rings. The summed E-state index contributed by atoms with van der Waals surface area (Å²) in [5.41, 5.74) is 1.22. The normalized spacial score (nSPS) is 19.1. The van der Waals surface area contributed by atoms with Crippen LogP contribution in [0.4, 0.5) is 20.4 Å². The van der Waals surface area contributed by atoms with Crippen LogP contribution in [0, 0.1) is 11.6 Å². The molecule has 5 rings (SSSR count). The molecule has 0 saturated carbocycles. The predicted molar refractivity (Wildman–Crippen MR) is 132 cm³/mol. The van der Waals surface area contributed by atoms with Gasteiger partial charge in [0.2, 0.25) is 0 Å². The number of pyridine rings is 1. The van der Waals surface area contributed by atoms with Crippen LogP contribution < -0.4 is 15.0 Å². The lowest BCUT2D eigenvalue weighted by atomic mass is 10.0. The van der Waals surface area contributed by atoms with E-state index in [1.807, 2.05) is 6.07 Å². The van der Waals surface area contributed by atoms with Crippen LogP contribution in [0.25, 0.3) is 11.0 Å². The SMILES string of the molecule is CC(C)(O)Cc1cc2nc(N3CCC(Oc4cc(F)ccc4F)CC3)c(NC3CCOC3)nc2cn1. The molecule has 0 radical (unpaired) electrons. The predicted octanol–water partition coefficient (Wildman–Crippen LogP) is 3.87. The van der Waals surface area contributed by atoms with Gasteiger partial charge in [-0.15, -0.1) is 0 Å². The van der Waals surface area contributed by atoms with Crippen LogP contribution in [-0.4, -0.2) is 64.1 Å². The number of nitrogens with one attached hydrogen (secondary N) is 1. The summed E-state index contributed by atoms with van der Waals surface area (Å²) in [6.45, 7) is 6.05. The third kappa shape index (κ3) is 5.82. The van der Waals surface area contributed by atoms with Crippen LogP contribution in [-0.2, 0) is 11.2 Å². The summed E-state index contributed by atoms with van der Waals surface area (Å²) in [4.78, 5) is 16.4. The Morgan fingerprint density at radius 2 is 1.94 bits per heavy atom. The van der Waals surface area contributed by atoms with E-state index in [0.717, 1.165) is 36.1 Å². The van der Waals surface area contributed by atoms with Crippen LogP contribution in [0.3, 0.4) is 0 Å². The number of aliphatic hydroxyl groups is 1. The van der Waals surface area contributed by atoms with E-state index in [4.69, 9.17) is 19.4 Å². The summed E-state index contributed by atoms with van der Waals surface area (Å²) >= 11 is 0. The number of halogens is 2. The van der Waals surface area contributed by atoms with Gasteiger partial charge in [-0.2, -0.15) is 0 Å². The first-order valence-corrected chi connectivity index (χ1v) is 12.3. The molecule has 1 atom stereocenters. The maximum Gasteiger partial charge on any atom is 0.172 e. The van der Waals surface area contributed by atoms with E-state index in [1.54, 1.807) is 20.0 Å². The van der Waals surface area contributed by atoms with Gasteiger partial charge in [-0.05, 0) is 38.5 Å². The summed E-state index contributed by atoms with van der Waals surface area (Å²) in [7, 11) is 0. The molecule has 0 amide bonds. The molecule has 0 bridgehead atoms. The first kappa shape index (κ1) is 24.6. The van der Waals surface area contributed by atoms with Crippen molar-refractivity contribution >= 4 is 22.7 Å². The number of benzene rings is 1. The second kappa shape index (κ2) is 10.1. The molecule has 0 aliphatic carbocycles. The topological polar surface area (TPSA) is 92.6 Å². The van der Waals surface area contributed by atoms with Crippen LogP contribution in [0.5, 0.6) is 5.75 Å². The Labute approximate surface area is 208 Å². The molecule has 8 nitrogen and oxygen atoms in total. The molecule has 10 heteroatoms. The smallest absolute Gasteiger partial charge is 0.172 e. The molecule has 2 aliphatic heterocycles. The van der Waals surface area contributed by atoms with Gasteiger partial charge in [-0.3, -0.25) is 4.98 Å². The molecule has 2 aromatic heterocycles. The molecule has 192 valence electrons. The number of piperidine rings is 1. The summed E-state index contributed by atoms with van der Waals surface area (Å²) in [6.07, 6.45) is 4.00. The van der Waals surface area contributed by atoms with Crippen molar-refractivity contribution < 1.29 is 23.4 Å². The fourth-order valence-corrected chi connectivity index (χ4v) is 4.62. The number of anilines is 2. The van der Waals surface area contributed by atoms with E-state index in [0.29, 0.717) is 62.4 Å². The lowest BCUT2D eigenvalue weighted by molar-refractivity contribution is 0.0800. The van der Waals surface area contributed by atoms with E-state index >= 15 is 0 Å². The highest BCUT2D eigenvalue weighted by Gasteiger charge is 2.27. The second-order valence-corrected chi connectivity index (χ2v) is 10.1. The van der Waals surface area contributed by atoms with Crippen LogP contribution >= 0.6 is 0 Å². The third-order valence-electron chi connectivity index (χ3n) is 6.40. The molecule has 36 heavy (non-hydrogen) atoms. The minimum absolute atomic E-state index is 0.0608. The maximum absolute atomic E-state index is 14.0. The number of rotatable bonds is 7. The molecule has 2 saturated heterocycles. The zero-order chi connectivity index (χ0) is 25.3. The Morgan fingerprint density at radius 1 is 1.14 bits per heavy atom. The molecular formula is C26H31F2N5O3. The molecule has 4 heterocycles. The van der Waals surface area contributed by atoms with Gasteiger partial charge in [0.1, 0.15) is 17.4 Å². The van der Waals surface area contributed by atoms with E-state index < -0.39 is 17.2 Å².